The Labute approximate surface area is 302 Å². The predicted octanol–water partition coefficient (Wildman–Crippen LogP) is 12.5. The average molecular weight is 663 g/mol. The molecule has 10 aromatic rings. The summed E-state index contributed by atoms with van der Waals surface area (Å²) in [5.74, 6) is 0. The van der Waals surface area contributed by atoms with Gasteiger partial charge in [-0.15, -0.1) is 0 Å². The summed E-state index contributed by atoms with van der Waals surface area (Å²) in [6, 6.07) is 64.1. The number of rotatable bonds is 6. The number of nitrogens with one attached hydrogen (secondary N) is 2. The lowest BCUT2D eigenvalue weighted by Gasteiger charge is -2.40. The second kappa shape index (κ2) is 11.2. The molecule has 0 saturated carbocycles. The Hall–Kier alpha value is -6.64. The third kappa shape index (κ3) is 4.12. The molecule has 52 heavy (non-hydrogen) atoms. The molecule has 2 N–H and O–H groups in total. The van der Waals surface area contributed by atoms with Crippen LogP contribution in [0.3, 0.4) is 0 Å². The first kappa shape index (κ1) is 29.1. The molecule has 0 aromatic heterocycles. The lowest BCUT2D eigenvalue weighted by Crippen LogP contribution is -2.45. The fourth-order valence-corrected chi connectivity index (χ4v) is 9.29. The van der Waals surface area contributed by atoms with Crippen LogP contribution in [0, 0.1) is 0 Å². The first-order chi connectivity index (χ1) is 25.8. The quantitative estimate of drug-likeness (QED) is 0.173. The van der Waals surface area contributed by atoms with Gasteiger partial charge < -0.3 is 10.6 Å². The normalized spacial score (nSPS) is 13.6. The van der Waals surface area contributed by atoms with Gasteiger partial charge in [-0.1, -0.05) is 158 Å². The number of benzene rings is 8. The fourth-order valence-electron chi connectivity index (χ4n) is 9.29. The molecule has 0 amide bonds. The van der Waals surface area contributed by atoms with Crippen LogP contribution in [0.2, 0.25) is 0 Å². The number of hydrogen-bond donors (Lipinski definition) is 2. The standard InChI is InChI=1S/C50H34N2/c1-5-16-33(17-6-1)43-45-38-27-13-20-32-21-14-28-39(41(32)38)46(45)44(34-18-7-2-8-19-34)48-47(43)40-29-15-22-35-30-31-50(49(48)42(35)40,51-36-23-9-3-10-24-36)52-37-25-11-4-12-26-37/h1-30,51-52H,31H2. The summed E-state index contributed by atoms with van der Waals surface area (Å²) in [6.07, 6.45) is 3.18. The van der Waals surface area contributed by atoms with E-state index in [0.29, 0.717) is 0 Å². The summed E-state index contributed by atoms with van der Waals surface area (Å²) < 4.78 is 0. The predicted molar refractivity (Wildman–Crippen MR) is 222 cm³/mol. The van der Waals surface area contributed by atoms with Gasteiger partial charge >= 0.3 is 0 Å². The Morgan fingerprint density at radius 1 is 0.365 bits per heavy atom. The van der Waals surface area contributed by atoms with Gasteiger partial charge in [0.25, 0.3) is 0 Å². The van der Waals surface area contributed by atoms with Crippen molar-refractivity contribution in [2.75, 3.05) is 10.6 Å². The van der Waals surface area contributed by atoms with E-state index in [4.69, 9.17) is 0 Å². The van der Waals surface area contributed by atoms with Crippen LogP contribution in [-0.4, -0.2) is 0 Å². The molecule has 2 heteroatoms. The van der Waals surface area contributed by atoms with Crippen molar-refractivity contribution in [1.29, 1.82) is 0 Å². The van der Waals surface area contributed by atoms with Gasteiger partial charge in [0.2, 0.25) is 0 Å². The van der Waals surface area contributed by atoms with Crippen molar-refractivity contribution in [1.82, 2.24) is 0 Å². The molecule has 0 unspecified atom stereocenters. The van der Waals surface area contributed by atoms with E-state index in [1.165, 1.54) is 86.9 Å². The zero-order valence-corrected chi connectivity index (χ0v) is 28.5. The molecule has 0 heterocycles. The van der Waals surface area contributed by atoms with Crippen LogP contribution in [0.1, 0.15) is 12.0 Å². The van der Waals surface area contributed by atoms with Gasteiger partial charge in [-0.25, -0.2) is 0 Å². The van der Waals surface area contributed by atoms with E-state index < -0.39 is 5.66 Å². The van der Waals surface area contributed by atoms with Gasteiger partial charge in [-0.2, -0.15) is 0 Å². The third-order valence-corrected chi connectivity index (χ3v) is 11.3. The minimum absolute atomic E-state index is 0.666. The summed E-state index contributed by atoms with van der Waals surface area (Å²) >= 11 is 0. The molecule has 1 aliphatic carbocycles. The molecular formula is C50H34N2. The lowest BCUT2D eigenvalue weighted by molar-refractivity contribution is 0.591. The molecule has 11 rings (SSSR count). The molecule has 0 aliphatic heterocycles. The Morgan fingerprint density at radius 3 is 1.35 bits per heavy atom. The van der Waals surface area contributed by atoms with Gasteiger partial charge in [0, 0.05) is 23.4 Å². The van der Waals surface area contributed by atoms with E-state index >= 15 is 0 Å². The highest BCUT2D eigenvalue weighted by molar-refractivity contribution is 6.43. The smallest absolute Gasteiger partial charge is 0.139 e. The van der Waals surface area contributed by atoms with Gasteiger partial charge in [0.05, 0.1) is 0 Å². The third-order valence-electron chi connectivity index (χ3n) is 11.3. The second-order valence-corrected chi connectivity index (χ2v) is 14.1. The van der Waals surface area contributed by atoms with Crippen LogP contribution in [-0.2, 0) is 5.66 Å². The summed E-state index contributed by atoms with van der Waals surface area (Å²) in [5, 5.41) is 22.6. The highest BCUT2D eigenvalue weighted by Gasteiger charge is 2.40. The summed E-state index contributed by atoms with van der Waals surface area (Å²) in [7, 11) is 0. The molecule has 1 aliphatic rings. The van der Waals surface area contributed by atoms with E-state index in [9.17, 15) is 0 Å². The molecule has 2 nitrogen and oxygen atoms in total. The molecule has 0 bridgehead atoms. The zero-order valence-electron chi connectivity index (χ0n) is 28.5. The Bertz CT molecular complexity index is 2960. The molecule has 0 radical (unpaired) electrons. The molecule has 244 valence electrons. The van der Waals surface area contributed by atoms with Crippen LogP contribution >= 0.6 is 0 Å². The van der Waals surface area contributed by atoms with Crippen molar-refractivity contribution in [3.63, 3.8) is 0 Å². The van der Waals surface area contributed by atoms with Crippen LogP contribution in [0.25, 0.3) is 82.2 Å². The SMILES string of the molecule is C1=c2cccc3c2c(c2c(-c4ccccc4)c4c5cccc6cccc(c4c(-c4ccccc4)c23)c65)C(Nc2ccccc2)(Nc2ccccc2)C1. The van der Waals surface area contributed by atoms with E-state index in [1.54, 1.807) is 0 Å². The zero-order chi connectivity index (χ0) is 34.2. The average Bonchev–Trinajstić information content (AvgIpc) is 3.73. The maximum absolute atomic E-state index is 4.12. The number of fused-ring (bicyclic) bond motifs is 6. The van der Waals surface area contributed by atoms with Crippen molar-refractivity contribution < 1.29 is 0 Å². The van der Waals surface area contributed by atoms with Crippen LogP contribution < -0.4 is 15.9 Å². The molecule has 0 saturated heterocycles. The summed E-state index contributed by atoms with van der Waals surface area (Å²) in [6.45, 7) is 0. The molecule has 10 aromatic carbocycles. The Morgan fingerprint density at radius 2 is 0.808 bits per heavy atom. The van der Waals surface area contributed by atoms with Crippen LogP contribution in [0.15, 0.2) is 176 Å². The van der Waals surface area contributed by atoms with Gasteiger partial charge in [0.1, 0.15) is 5.66 Å². The molecule has 0 atom stereocenters. The van der Waals surface area contributed by atoms with E-state index in [0.717, 1.165) is 17.8 Å². The first-order valence-corrected chi connectivity index (χ1v) is 18.2. The second-order valence-electron chi connectivity index (χ2n) is 14.1. The molecule has 0 spiro atoms. The monoisotopic (exact) mass is 662 g/mol. The molecule has 0 fully saturated rings. The number of anilines is 2. The first-order valence-electron chi connectivity index (χ1n) is 18.2. The van der Waals surface area contributed by atoms with Crippen molar-refractivity contribution >= 4 is 71.3 Å². The minimum atomic E-state index is -0.666. The highest BCUT2D eigenvalue weighted by atomic mass is 15.2. The number of para-hydroxylation sites is 2. The minimum Gasteiger partial charge on any atom is -0.359 e. The van der Waals surface area contributed by atoms with Crippen molar-refractivity contribution in [2.24, 2.45) is 0 Å². The van der Waals surface area contributed by atoms with Crippen molar-refractivity contribution in [3.8, 4) is 22.3 Å². The maximum atomic E-state index is 4.12. The van der Waals surface area contributed by atoms with E-state index in [1.807, 2.05) is 0 Å². The maximum Gasteiger partial charge on any atom is 0.139 e. The molecular weight excluding hydrogens is 629 g/mol. The topological polar surface area (TPSA) is 24.1 Å². The van der Waals surface area contributed by atoms with Crippen molar-refractivity contribution in [3.05, 3.63) is 187 Å². The fraction of sp³-hybridized carbons (Fsp3) is 0.0400. The van der Waals surface area contributed by atoms with E-state index in [2.05, 4.69) is 193 Å². The van der Waals surface area contributed by atoms with Crippen molar-refractivity contribution in [2.45, 2.75) is 12.1 Å². The van der Waals surface area contributed by atoms with Crippen LogP contribution in [0.4, 0.5) is 11.4 Å². The number of hydrogen-bond acceptors (Lipinski definition) is 2. The Balaban J connectivity index is 1.44. The Kier molecular flexibility index (Phi) is 6.26. The highest BCUT2D eigenvalue weighted by Crippen LogP contribution is 2.56. The van der Waals surface area contributed by atoms with Gasteiger partial charge in [-0.05, 0) is 106 Å². The van der Waals surface area contributed by atoms with Gasteiger partial charge in [-0.3, -0.25) is 0 Å². The van der Waals surface area contributed by atoms with Crippen LogP contribution in [0.5, 0.6) is 0 Å². The largest absolute Gasteiger partial charge is 0.359 e. The lowest BCUT2D eigenvalue weighted by atomic mass is 9.82. The van der Waals surface area contributed by atoms with E-state index in [-0.39, 0.29) is 0 Å². The summed E-state index contributed by atoms with van der Waals surface area (Å²) in [5.41, 5.74) is 7.83. The summed E-state index contributed by atoms with van der Waals surface area (Å²) in [4.78, 5) is 0. The van der Waals surface area contributed by atoms with Gasteiger partial charge in [0.15, 0.2) is 0 Å².